The third kappa shape index (κ3) is 4.49. The molecule has 2 aliphatic heterocycles. The number of carbonyl (C=O) groups is 1. The fourth-order valence-electron chi connectivity index (χ4n) is 4.26. The van der Waals surface area contributed by atoms with Gasteiger partial charge in [0, 0.05) is 41.9 Å². The highest BCUT2D eigenvalue weighted by Crippen LogP contribution is 2.26. The maximum Gasteiger partial charge on any atom is 0.255 e. The number of aryl methyl sites for hydroxylation is 1. The van der Waals surface area contributed by atoms with E-state index in [0.717, 1.165) is 49.5 Å². The molecule has 31 heavy (non-hydrogen) atoms. The zero-order valence-electron chi connectivity index (χ0n) is 17.5. The van der Waals surface area contributed by atoms with Gasteiger partial charge in [0.15, 0.2) is 0 Å². The Morgan fingerprint density at radius 1 is 1.16 bits per heavy atom. The highest BCUT2D eigenvalue weighted by Gasteiger charge is 2.17. The molecular formula is C25H27N3O3. The molecule has 160 valence electrons. The lowest BCUT2D eigenvalue weighted by Crippen LogP contribution is -2.17. The van der Waals surface area contributed by atoms with Crippen molar-refractivity contribution in [3.8, 4) is 17.1 Å². The summed E-state index contributed by atoms with van der Waals surface area (Å²) in [5.41, 5.74) is 3.69. The number of amides is 1. The van der Waals surface area contributed by atoms with Gasteiger partial charge in [0.25, 0.3) is 5.91 Å². The molecule has 0 saturated carbocycles. The van der Waals surface area contributed by atoms with Crippen molar-refractivity contribution in [2.24, 2.45) is 0 Å². The number of ether oxygens (including phenoxy) is 2. The van der Waals surface area contributed by atoms with E-state index >= 15 is 0 Å². The zero-order valence-corrected chi connectivity index (χ0v) is 17.5. The van der Waals surface area contributed by atoms with Gasteiger partial charge in [-0.25, -0.2) is 4.98 Å². The van der Waals surface area contributed by atoms with Crippen molar-refractivity contribution in [2.75, 3.05) is 18.5 Å². The molecular weight excluding hydrogens is 390 g/mol. The van der Waals surface area contributed by atoms with E-state index in [1.165, 1.54) is 18.5 Å². The van der Waals surface area contributed by atoms with Crippen LogP contribution in [-0.4, -0.2) is 34.8 Å². The predicted molar refractivity (Wildman–Crippen MR) is 119 cm³/mol. The topological polar surface area (TPSA) is 65.4 Å². The summed E-state index contributed by atoms with van der Waals surface area (Å²) in [6.45, 7) is 2.34. The van der Waals surface area contributed by atoms with E-state index in [0.29, 0.717) is 17.9 Å². The zero-order chi connectivity index (χ0) is 21.0. The lowest BCUT2D eigenvalue weighted by atomic mass is 10.1. The van der Waals surface area contributed by atoms with E-state index < -0.39 is 0 Å². The lowest BCUT2D eigenvalue weighted by Gasteiger charge is -2.16. The largest absolute Gasteiger partial charge is 0.491 e. The van der Waals surface area contributed by atoms with Crippen molar-refractivity contribution >= 4 is 11.6 Å². The molecule has 1 unspecified atom stereocenters. The molecule has 1 aromatic heterocycles. The summed E-state index contributed by atoms with van der Waals surface area (Å²) in [7, 11) is 0. The molecule has 1 atom stereocenters. The Balaban J connectivity index is 1.23. The summed E-state index contributed by atoms with van der Waals surface area (Å²) in [4.78, 5) is 17.3. The van der Waals surface area contributed by atoms with Crippen LogP contribution in [0.1, 0.15) is 41.7 Å². The molecule has 2 aliphatic rings. The molecule has 1 amide bonds. The summed E-state index contributed by atoms with van der Waals surface area (Å²) < 4.78 is 13.7. The third-order valence-electron chi connectivity index (χ3n) is 5.96. The Morgan fingerprint density at radius 2 is 2.06 bits per heavy atom. The molecule has 6 heteroatoms. The Bertz CT molecular complexity index is 1050. The first kappa shape index (κ1) is 19.8. The van der Waals surface area contributed by atoms with Crippen LogP contribution in [0.3, 0.4) is 0 Å². The molecule has 0 radical (unpaired) electrons. The van der Waals surface area contributed by atoms with Crippen molar-refractivity contribution in [3.63, 3.8) is 0 Å². The smallest absolute Gasteiger partial charge is 0.255 e. The average Bonchev–Trinajstić information content (AvgIpc) is 3.48. The highest BCUT2D eigenvalue weighted by atomic mass is 16.5. The van der Waals surface area contributed by atoms with Crippen LogP contribution in [0.4, 0.5) is 5.69 Å². The Kier molecular flexibility index (Phi) is 5.71. The van der Waals surface area contributed by atoms with Crippen LogP contribution in [-0.2, 0) is 17.7 Å². The normalized spacial score (nSPS) is 17.9. The van der Waals surface area contributed by atoms with Gasteiger partial charge in [-0.3, -0.25) is 4.79 Å². The second-order valence-corrected chi connectivity index (χ2v) is 8.19. The van der Waals surface area contributed by atoms with Crippen LogP contribution in [0.15, 0.2) is 54.7 Å². The molecule has 0 aliphatic carbocycles. The first-order chi connectivity index (χ1) is 15.3. The van der Waals surface area contributed by atoms with Gasteiger partial charge in [0.05, 0.1) is 6.10 Å². The standard InChI is InChI=1S/C25H27N3O3/c29-25(19-5-3-7-22(15-19)31-17-23-8-4-14-30-23)27-20-11-9-18(10-12-20)24-26-16-21-6-1-2-13-28(21)24/h3,5,7,9-12,15-16,23H,1-2,4,6,8,13-14,17H2,(H,27,29). The first-order valence-corrected chi connectivity index (χ1v) is 11.1. The number of aromatic nitrogens is 2. The Morgan fingerprint density at radius 3 is 2.90 bits per heavy atom. The van der Waals surface area contributed by atoms with Crippen molar-refractivity contribution in [1.29, 1.82) is 0 Å². The highest BCUT2D eigenvalue weighted by molar-refractivity contribution is 6.04. The third-order valence-corrected chi connectivity index (χ3v) is 5.96. The van der Waals surface area contributed by atoms with Crippen LogP contribution < -0.4 is 10.1 Å². The average molecular weight is 418 g/mol. The maximum absolute atomic E-state index is 12.7. The number of hydrogen-bond acceptors (Lipinski definition) is 4. The number of benzene rings is 2. The summed E-state index contributed by atoms with van der Waals surface area (Å²) in [5.74, 6) is 1.53. The minimum Gasteiger partial charge on any atom is -0.491 e. The van der Waals surface area contributed by atoms with Gasteiger partial charge in [-0.2, -0.15) is 0 Å². The van der Waals surface area contributed by atoms with E-state index in [9.17, 15) is 4.79 Å². The van der Waals surface area contributed by atoms with Gasteiger partial charge in [0.1, 0.15) is 18.2 Å². The molecule has 1 saturated heterocycles. The summed E-state index contributed by atoms with van der Waals surface area (Å²) in [5, 5.41) is 2.97. The van der Waals surface area contributed by atoms with Crippen molar-refractivity contribution in [1.82, 2.24) is 9.55 Å². The summed E-state index contributed by atoms with van der Waals surface area (Å²) in [6.07, 6.45) is 7.76. The number of hydrogen-bond donors (Lipinski definition) is 1. The fraction of sp³-hybridized carbons (Fsp3) is 0.360. The minimum absolute atomic E-state index is 0.150. The molecule has 0 bridgehead atoms. The molecule has 3 aromatic rings. The number of imidazole rings is 1. The van der Waals surface area contributed by atoms with Gasteiger partial charge in [-0.15, -0.1) is 0 Å². The number of fused-ring (bicyclic) bond motifs is 1. The summed E-state index contributed by atoms with van der Waals surface area (Å²) >= 11 is 0. The quantitative estimate of drug-likeness (QED) is 0.632. The van der Waals surface area contributed by atoms with E-state index in [1.807, 2.05) is 42.6 Å². The number of anilines is 1. The molecule has 1 fully saturated rings. The SMILES string of the molecule is O=C(Nc1ccc(-c2ncc3n2CCCC3)cc1)c1cccc(OCC2CCCO2)c1. The van der Waals surface area contributed by atoms with Crippen LogP contribution in [0.5, 0.6) is 5.75 Å². The van der Waals surface area contributed by atoms with Crippen LogP contribution >= 0.6 is 0 Å². The van der Waals surface area contributed by atoms with Gasteiger partial charge in [-0.1, -0.05) is 6.07 Å². The van der Waals surface area contributed by atoms with Crippen LogP contribution in [0.2, 0.25) is 0 Å². The predicted octanol–water partition coefficient (Wildman–Crippen LogP) is 4.70. The second-order valence-electron chi connectivity index (χ2n) is 8.19. The minimum atomic E-state index is -0.159. The first-order valence-electron chi connectivity index (χ1n) is 11.1. The van der Waals surface area contributed by atoms with Gasteiger partial charge >= 0.3 is 0 Å². The lowest BCUT2D eigenvalue weighted by molar-refractivity contribution is 0.0679. The number of nitrogens with zero attached hydrogens (tertiary/aromatic N) is 2. The molecule has 0 spiro atoms. The molecule has 1 N–H and O–H groups in total. The maximum atomic E-state index is 12.7. The Hall–Kier alpha value is -3.12. The van der Waals surface area contributed by atoms with E-state index in [4.69, 9.17) is 9.47 Å². The van der Waals surface area contributed by atoms with Crippen molar-refractivity contribution < 1.29 is 14.3 Å². The molecule has 5 rings (SSSR count). The number of nitrogens with one attached hydrogen (secondary N) is 1. The Labute approximate surface area is 182 Å². The molecule has 3 heterocycles. The molecule has 6 nitrogen and oxygen atoms in total. The van der Waals surface area contributed by atoms with E-state index in [1.54, 1.807) is 12.1 Å². The van der Waals surface area contributed by atoms with E-state index in [-0.39, 0.29) is 12.0 Å². The number of rotatable bonds is 6. The monoisotopic (exact) mass is 417 g/mol. The van der Waals surface area contributed by atoms with Crippen LogP contribution in [0.25, 0.3) is 11.4 Å². The van der Waals surface area contributed by atoms with Crippen molar-refractivity contribution in [3.05, 3.63) is 66.0 Å². The van der Waals surface area contributed by atoms with Crippen molar-refractivity contribution in [2.45, 2.75) is 44.8 Å². The van der Waals surface area contributed by atoms with E-state index in [2.05, 4.69) is 14.9 Å². The molecule has 2 aromatic carbocycles. The van der Waals surface area contributed by atoms with Crippen LogP contribution in [0, 0.1) is 0 Å². The fourth-order valence-corrected chi connectivity index (χ4v) is 4.26. The van der Waals surface area contributed by atoms with Gasteiger partial charge < -0.3 is 19.4 Å². The second kappa shape index (κ2) is 8.94. The summed E-state index contributed by atoms with van der Waals surface area (Å²) in [6, 6.07) is 15.2. The van der Waals surface area contributed by atoms with Gasteiger partial charge in [-0.05, 0) is 74.6 Å². The number of carbonyl (C=O) groups excluding carboxylic acids is 1. The van der Waals surface area contributed by atoms with Gasteiger partial charge in [0.2, 0.25) is 0 Å².